The molecule has 198 valence electrons. The number of nitrogens with one attached hydrogen (secondary N) is 1. The van der Waals surface area contributed by atoms with E-state index in [-0.39, 0.29) is 30.4 Å². The molecule has 0 radical (unpaired) electrons. The Kier molecular flexibility index (Phi) is 7.63. The second-order valence-corrected chi connectivity index (χ2v) is 11.1. The van der Waals surface area contributed by atoms with Crippen molar-refractivity contribution in [3.8, 4) is 0 Å². The number of carbonyl (C=O) groups is 3. The predicted molar refractivity (Wildman–Crippen MR) is 147 cm³/mol. The van der Waals surface area contributed by atoms with Crippen molar-refractivity contribution in [2.45, 2.75) is 50.9 Å². The van der Waals surface area contributed by atoms with Crippen molar-refractivity contribution in [3.05, 3.63) is 93.7 Å². The highest BCUT2D eigenvalue weighted by Gasteiger charge is 2.54. The van der Waals surface area contributed by atoms with Crippen molar-refractivity contribution in [1.29, 1.82) is 0 Å². The summed E-state index contributed by atoms with van der Waals surface area (Å²) in [7, 11) is 0. The summed E-state index contributed by atoms with van der Waals surface area (Å²) in [5.74, 6) is -0.383. The van der Waals surface area contributed by atoms with Crippen LogP contribution in [-0.2, 0) is 20.7 Å². The van der Waals surface area contributed by atoms with Gasteiger partial charge in [-0.05, 0) is 42.5 Å². The predicted octanol–water partition coefficient (Wildman–Crippen LogP) is 4.34. The van der Waals surface area contributed by atoms with Crippen molar-refractivity contribution in [2.75, 3.05) is 19.7 Å². The van der Waals surface area contributed by atoms with E-state index in [1.165, 1.54) is 0 Å². The number of ether oxygens (including phenoxy) is 1. The molecular weight excluding hydrogens is 498 g/mol. The molecule has 38 heavy (non-hydrogen) atoms. The van der Waals surface area contributed by atoms with Gasteiger partial charge in [0, 0.05) is 36.4 Å². The number of thiophene rings is 1. The van der Waals surface area contributed by atoms with Crippen LogP contribution in [-0.4, -0.2) is 59.0 Å². The Morgan fingerprint density at radius 1 is 1.03 bits per heavy atom. The third-order valence-corrected chi connectivity index (χ3v) is 8.50. The fourth-order valence-corrected chi connectivity index (χ4v) is 6.12. The second-order valence-electron chi connectivity index (χ2n) is 10.0. The molecule has 5 rings (SSSR count). The molecule has 1 aromatic heterocycles. The third-order valence-electron chi connectivity index (χ3n) is 7.62. The van der Waals surface area contributed by atoms with E-state index in [0.29, 0.717) is 37.9 Å². The maximum absolute atomic E-state index is 14.0. The molecule has 3 aromatic rings. The molecule has 3 heterocycles. The van der Waals surface area contributed by atoms with Crippen molar-refractivity contribution in [2.24, 2.45) is 0 Å². The number of piperidine rings is 1. The van der Waals surface area contributed by atoms with Crippen LogP contribution in [0.3, 0.4) is 0 Å². The lowest BCUT2D eigenvalue weighted by molar-refractivity contribution is -0.143. The van der Waals surface area contributed by atoms with Gasteiger partial charge in [-0.25, -0.2) is 0 Å². The summed E-state index contributed by atoms with van der Waals surface area (Å²) >= 11 is 1.57. The first-order valence-electron chi connectivity index (χ1n) is 13.1. The maximum atomic E-state index is 14.0. The zero-order chi connectivity index (χ0) is 26.7. The number of amides is 3. The lowest BCUT2D eigenvalue weighted by Crippen LogP contribution is -2.60. The van der Waals surface area contributed by atoms with Gasteiger partial charge in [0.2, 0.25) is 11.8 Å². The molecule has 2 fully saturated rings. The molecule has 0 aliphatic carbocycles. The first-order chi connectivity index (χ1) is 18.4. The Morgan fingerprint density at radius 2 is 1.74 bits per heavy atom. The number of likely N-dealkylation sites (tertiary alicyclic amines) is 1. The highest BCUT2D eigenvalue weighted by molar-refractivity contribution is 7.10. The minimum Gasteiger partial charge on any atom is -0.353 e. The molecular formula is C30H33N3O4S. The van der Waals surface area contributed by atoms with Crippen LogP contribution in [0.2, 0.25) is 0 Å². The van der Waals surface area contributed by atoms with Crippen LogP contribution < -0.4 is 5.32 Å². The summed E-state index contributed by atoms with van der Waals surface area (Å²) < 4.78 is 6.34. The van der Waals surface area contributed by atoms with Crippen LogP contribution in [0.1, 0.15) is 52.2 Å². The van der Waals surface area contributed by atoms with Gasteiger partial charge < -0.3 is 15.0 Å². The monoisotopic (exact) mass is 531 g/mol. The summed E-state index contributed by atoms with van der Waals surface area (Å²) in [5, 5.41) is 5.06. The molecule has 0 unspecified atom stereocenters. The highest BCUT2D eigenvalue weighted by Crippen LogP contribution is 2.39. The molecule has 2 saturated heterocycles. The lowest BCUT2D eigenvalue weighted by atomic mass is 9.95. The van der Waals surface area contributed by atoms with E-state index >= 15 is 0 Å². The van der Waals surface area contributed by atoms with E-state index in [9.17, 15) is 14.4 Å². The minimum absolute atomic E-state index is 0.0723. The van der Waals surface area contributed by atoms with Crippen LogP contribution >= 0.6 is 11.3 Å². The van der Waals surface area contributed by atoms with E-state index in [1.54, 1.807) is 22.3 Å². The van der Waals surface area contributed by atoms with E-state index in [0.717, 1.165) is 16.0 Å². The number of benzene rings is 2. The first-order valence-corrected chi connectivity index (χ1v) is 13.9. The molecule has 1 N–H and O–H groups in total. The largest absolute Gasteiger partial charge is 0.353 e. The molecule has 3 amide bonds. The molecule has 0 saturated carbocycles. The molecule has 2 aromatic carbocycles. The van der Waals surface area contributed by atoms with Crippen LogP contribution in [0.15, 0.2) is 72.1 Å². The third kappa shape index (κ3) is 5.24. The van der Waals surface area contributed by atoms with Crippen molar-refractivity contribution in [1.82, 2.24) is 15.1 Å². The first kappa shape index (κ1) is 26.1. The van der Waals surface area contributed by atoms with Gasteiger partial charge in [-0.15, -0.1) is 11.3 Å². The fourth-order valence-electron chi connectivity index (χ4n) is 5.42. The number of rotatable bonds is 6. The summed E-state index contributed by atoms with van der Waals surface area (Å²) in [5.41, 5.74) is 1.46. The Hall–Kier alpha value is -3.49. The van der Waals surface area contributed by atoms with Gasteiger partial charge in [-0.2, -0.15) is 0 Å². The van der Waals surface area contributed by atoms with E-state index in [2.05, 4.69) is 5.32 Å². The number of hydrogen-bond acceptors (Lipinski definition) is 5. The molecule has 0 bridgehead atoms. The van der Waals surface area contributed by atoms with Gasteiger partial charge in [0.15, 0.2) is 0 Å². The average Bonchev–Trinajstić information content (AvgIpc) is 3.57. The summed E-state index contributed by atoms with van der Waals surface area (Å²) in [6.45, 7) is 4.89. The highest BCUT2D eigenvalue weighted by atomic mass is 32.1. The minimum atomic E-state index is -0.933. The molecule has 2 aliphatic heterocycles. The summed E-state index contributed by atoms with van der Waals surface area (Å²) in [6.07, 6.45) is 1.29. The van der Waals surface area contributed by atoms with Crippen molar-refractivity contribution in [3.63, 3.8) is 0 Å². The van der Waals surface area contributed by atoms with Crippen LogP contribution in [0.25, 0.3) is 0 Å². The fraction of sp³-hybridized carbons (Fsp3) is 0.367. The Morgan fingerprint density at radius 3 is 2.42 bits per heavy atom. The quantitative estimate of drug-likeness (QED) is 0.514. The molecule has 7 nitrogen and oxygen atoms in total. The molecule has 8 heteroatoms. The number of nitrogens with zero attached hydrogens (tertiary/aromatic N) is 2. The van der Waals surface area contributed by atoms with Crippen LogP contribution in [0.5, 0.6) is 0 Å². The Bertz CT molecular complexity index is 1290. The standard InChI is InChI=1S/C30H33N3O4S/c1-21-9-6-7-13-25(21)29(36)33-26(28(35)31-22(2)23-10-4-3-5-11-23)20-37-30(33)14-16-32(17-15-30)27(34)19-24-12-8-18-38-24/h3-13,18,22,26H,14-17,19-20H2,1-2H3,(H,31,35)/t22-,26+/m0/s1. The Labute approximate surface area is 227 Å². The lowest BCUT2D eigenvalue weighted by Gasteiger charge is -2.44. The summed E-state index contributed by atoms with van der Waals surface area (Å²) in [4.78, 5) is 45.1. The zero-order valence-electron chi connectivity index (χ0n) is 21.8. The maximum Gasteiger partial charge on any atom is 0.257 e. The number of carbonyl (C=O) groups excluding carboxylic acids is 3. The van der Waals surface area contributed by atoms with E-state index in [4.69, 9.17) is 4.74 Å². The summed E-state index contributed by atoms with van der Waals surface area (Å²) in [6, 6.07) is 20.1. The van der Waals surface area contributed by atoms with Gasteiger partial charge in [0.1, 0.15) is 11.8 Å². The smallest absolute Gasteiger partial charge is 0.257 e. The normalized spacial score (nSPS) is 19.4. The average molecular weight is 532 g/mol. The van der Waals surface area contributed by atoms with Crippen molar-refractivity contribution >= 4 is 29.1 Å². The van der Waals surface area contributed by atoms with Crippen LogP contribution in [0.4, 0.5) is 0 Å². The zero-order valence-corrected chi connectivity index (χ0v) is 22.6. The molecule has 2 aliphatic rings. The Balaban J connectivity index is 1.37. The molecule has 1 spiro atoms. The SMILES string of the molecule is Cc1ccccc1C(=O)N1[C@@H](C(=O)N[C@@H](C)c2ccccc2)COC12CCN(C(=O)Cc1cccs1)CC2. The topological polar surface area (TPSA) is 79.0 Å². The van der Waals surface area contributed by atoms with E-state index < -0.39 is 11.8 Å². The van der Waals surface area contributed by atoms with Gasteiger partial charge >= 0.3 is 0 Å². The number of aryl methyl sites for hydroxylation is 1. The molecule has 2 atom stereocenters. The van der Waals surface area contributed by atoms with Gasteiger partial charge in [0.05, 0.1) is 19.1 Å². The second kappa shape index (κ2) is 11.1. The van der Waals surface area contributed by atoms with Crippen LogP contribution in [0, 0.1) is 6.92 Å². The van der Waals surface area contributed by atoms with Gasteiger partial charge in [0.25, 0.3) is 5.91 Å². The number of hydrogen-bond donors (Lipinski definition) is 1. The van der Waals surface area contributed by atoms with Gasteiger partial charge in [-0.1, -0.05) is 54.6 Å². The van der Waals surface area contributed by atoms with Crippen molar-refractivity contribution < 1.29 is 19.1 Å². The van der Waals surface area contributed by atoms with E-state index in [1.807, 2.05) is 84.8 Å². The van der Waals surface area contributed by atoms with Gasteiger partial charge in [-0.3, -0.25) is 19.3 Å².